The highest BCUT2D eigenvalue weighted by atomic mass is 35.5. The number of halogens is 1. The lowest BCUT2D eigenvalue weighted by Crippen LogP contribution is -2.23. The first-order valence-electron chi connectivity index (χ1n) is 6.53. The van der Waals surface area contributed by atoms with Crippen LogP contribution < -0.4 is 0 Å². The maximum absolute atomic E-state index is 5.54. The topological polar surface area (TPSA) is 30.3 Å². The molecule has 0 N–H and O–H groups in total. The van der Waals surface area contributed by atoms with Crippen molar-refractivity contribution in [2.45, 2.75) is 32.9 Å². The van der Waals surface area contributed by atoms with Crippen molar-refractivity contribution >= 4 is 11.6 Å². The average molecular weight is 274 g/mol. The second-order valence-corrected chi connectivity index (χ2v) is 4.96. The second-order valence-electron chi connectivity index (χ2n) is 4.58. The third kappa shape index (κ3) is 5.38. The van der Waals surface area contributed by atoms with Crippen molar-refractivity contribution in [1.82, 2.24) is 14.7 Å². The molecule has 1 rings (SSSR count). The van der Waals surface area contributed by atoms with Crippen molar-refractivity contribution in [2.75, 3.05) is 32.7 Å². The minimum absolute atomic E-state index is 0.469. The van der Waals surface area contributed by atoms with Crippen molar-refractivity contribution in [3.8, 4) is 0 Å². The maximum atomic E-state index is 5.54. The number of hydrogen-bond acceptors (Lipinski definition) is 3. The zero-order valence-electron chi connectivity index (χ0n) is 11.6. The van der Waals surface area contributed by atoms with Crippen LogP contribution in [0, 0.1) is 0 Å². The highest BCUT2D eigenvalue weighted by Crippen LogP contribution is 2.10. The summed E-state index contributed by atoms with van der Waals surface area (Å²) in [5.74, 6) is 0.559. The number of hydrogen-bond donors (Lipinski definition) is 0. The molecule has 5 heteroatoms. The van der Waals surface area contributed by atoms with Gasteiger partial charge in [0.15, 0.2) is 0 Å². The first-order valence-corrected chi connectivity index (χ1v) is 7.07. The molecule has 0 amide bonds. The zero-order valence-corrected chi connectivity index (χ0v) is 12.4. The molecule has 0 aliphatic heterocycles. The summed E-state index contributed by atoms with van der Waals surface area (Å²) in [6.45, 7) is 7.45. The molecule has 18 heavy (non-hydrogen) atoms. The molecule has 0 radical (unpaired) electrons. The van der Waals surface area contributed by atoms with E-state index in [4.69, 9.17) is 16.3 Å². The fraction of sp³-hybridized carbons (Fsp3) is 0.769. The Balaban J connectivity index is 2.30. The highest BCUT2D eigenvalue weighted by molar-refractivity contribution is 6.17. The van der Waals surface area contributed by atoms with E-state index < -0.39 is 0 Å². The van der Waals surface area contributed by atoms with Crippen molar-refractivity contribution in [1.29, 1.82) is 0 Å². The summed E-state index contributed by atoms with van der Waals surface area (Å²) < 4.78 is 7.39. The van der Waals surface area contributed by atoms with E-state index in [1.807, 2.05) is 4.68 Å². The van der Waals surface area contributed by atoms with Crippen LogP contribution in [0.5, 0.6) is 0 Å². The fourth-order valence-corrected chi connectivity index (χ4v) is 1.74. The minimum Gasteiger partial charge on any atom is -0.379 e. The summed E-state index contributed by atoms with van der Waals surface area (Å²) in [5, 5.41) is 4.58. The van der Waals surface area contributed by atoms with Crippen LogP contribution in [0.25, 0.3) is 0 Å². The van der Waals surface area contributed by atoms with Gasteiger partial charge in [0.25, 0.3) is 0 Å². The van der Waals surface area contributed by atoms with E-state index in [2.05, 4.69) is 43.2 Å². The van der Waals surface area contributed by atoms with E-state index in [9.17, 15) is 0 Å². The van der Waals surface area contributed by atoms with Crippen molar-refractivity contribution in [3.63, 3.8) is 0 Å². The lowest BCUT2D eigenvalue weighted by Gasteiger charge is -2.15. The molecule has 1 unspecified atom stereocenters. The van der Waals surface area contributed by atoms with Crippen molar-refractivity contribution in [3.05, 3.63) is 18.0 Å². The molecule has 1 aromatic rings. The van der Waals surface area contributed by atoms with Crippen LogP contribution in [0.2, 0.25) is 0 Å². The van der Waals surface area contributed by atoms with E-state index in [-0.39, 0.29) is 0 Å². The van der Waals surface area contributed by atoms with Crippen LogP contribution in [-0.2, 0) is 11.3 Å². The Morgan fingerprint density at radius 1 is 1.50 bits per heavy atom. The largest absolute Gasteiger partial charge is 0.379 e. The first kappa shape index (κ1) is 15.5. The summed E-state index contributed by atoms with van der Waals surface area (Å²) in [7, 11) is 2.08. The van der Waals surface area contributed by atoms with Gasteiger partial charge in [-0.15, -0.1) is 11.6 Å². The Morgan fingerprint density at radius 3 is 2.94 bits per heavy atom. The molecular weight excluding hydrogens is 250 g/mol. The Hall–Kier alpha value is -0.580. The summed E-state index contributed by atoms with van der Waals surface area (Å²) in [6, 6.07) is 2.55. The number of aromatic nitrogens is 2. The Bertz CT molecular complexity index is 330. The van der Waals surface area contributed by atoms with Gasteiger partial charge in [0, 0.05) is 31.2 Å². The average Bonchev–Trinajstić information content (AvgIpc) is 2.82. The van der Waals surface area contributed by atoms with Crippen molar-refractivity contribution in [2.24, 2.45) is 0 Å². The molecule has 1 heterocycles. The third-order valence-corrected chi connectivity index (χ3v) is 3.13. The summed E-state index contributed by atoms with van der Waals surface area (Å²) in [6.07, 6.45) is 3.16. The fourth-order valence-electron chi connectivity index (χ4n) is 1.63. The number of ether oxygens (including phenoxy) is 1. The Morgan fingerprint density at radius 2 is 2.28 bits per heavy atom. The molecule has 1 aromatic heterocycles. The van der Waals surface area contributed by atoms with Gasteiger partial charge in [0.05, 0.1) is 18.9 Å². The smallest absolute Gasteiger partial charge is 0.0764 e. The first-order chi connectivity index (χ1) is 8.67. The van der Waals surface area contributed by atoms with Gasteiger partial charge in [-0.25, -0.2) is 0 Å². The van der Waals surface area contributed by atoms with E-state index >= 15 is 0 Å². The van der Waals surface area contributed by atoms with Crippen molar-refractivity contribution < 1.29 is 4.74 Å². The lowest BCUT2D eigenvalue weighted by atomic mass is 10.3. The quantitative estimate of drug-likeness (QED) is 0.512. The molecule has 0 aromatic carbocycles. The SMILES string of the molecule is CCC(C)n1ccc(CN(C)CCOCCCl)n1. The molecule has 0 fully saturated rings. The van der Waals surface area contributed by atoms with Gasteiger partial charge in [0.2, 0.25) is 0 Å². The molecule has 104 valence electrons. The number of nitrogens with zero attached hydrogens (tertiary/aromatic N) is 3. The van der Waals surface area contributed by atoms with Gasteiger partial charge in [-0.1, -0.05) is 6.92 Å². The van der Waals surface area contributed by atoms with Crippen LogP contribution in [-0.4, -0.2) is 47.4 Å². The summed E-state index contributed by atoms with van der Waals surface area (Å²) in [5.41, 5.74) is 1.11. The standard InChI is InChI=1S/C13H24ClN3O/c1-4-12(2)17-7-5-13(15-17)11-16(3)8-10-18-9-6-14/h5,7,12H,4,6,8-11H2,1-3H3. The lowest BCUT2D eigenvalue weighted by molar-refractivity contribution is 0.121. The molecule has 0 aliphatic rings. The predicted molar refractivity (Wildman–Crippen MR) is 75.1 cm³/mol. The van der Waals surface area contributed by atoms with Gasteiger partial charge in [-0.2, -0.15) is 5.10 Å². The Labute approximate surface area is 115 Å². The van der Waals surface area contributed by atoms with Crippen LogP contribution in [0.3, 0.4) is 0 Å². The second kappa shape index (κ2) is 8.51. The monoisotopic (exact) mass is 273 g/mol. The van der Waals surface area contributed by atoms with Crippen LogP contribution in [0.1, 0.15) is 32.0 Å². The molecule has 0 saturated heterocycles. The number of rotatable bonds is 9. The predicted octanol–water partition coefficient (Wildman–Crippen LogP) is 2.54. The summed E-state index contributed by atoms with van der Waals surface area (Å²) >= 11 is 5.54. The highest BCUT2D eigenvalue weighted by Gasteiger charge is 2.06. The maximum Gasteiger partial charge on any atom is 0.0764 e. The van der Waals surface area contributed by atoms with Crippen LogP contribution >= 0.6 is 11.6 Å². The minimum atomic E-state index is 0.469. The van der Waals surface area contributed by atoms with E-state index in [1.54, 1.807) is 0 Å². The van der Waals surface area contributed by atoms with Gasteiger partial charge in [-0.3, -0.25) is 9.58 Å². The van der Waals surface area contributed by atoms with E-state index in [0.29, 0.717) is 18.5 Å². The normalized spacial score (nSPS) is 13.2. The number of likely N-dealkylation sites (N-methyl/N-ethyl adjacent to an activating group) is 1. The van der Waals surface area contributed by atoms with Gasteiger partial charge < -0.3 is 4.74 Å². The van der Waals surface area contributed by atoms with E-state index in [0.717, 1.165) is 31.8 Å². The molecular formula is C13H24ClN3O. The zero-order chi connectivity index (χ0) is 13.4. The molecule has 1 atom stereocenters. The van der Waals surface area contributed by atoms with Gasteiger partial charge in [0.1, 0.15) is 0 Å². The molecule has 0 bridgehead atoms. The molecule has 0 spiro atoms. The third-order valence-electron chi connectivity index (χ3n) is 2.98. The van der Waals surface area contributed by atoms with Gasteiger partial charge >= 0.3 is 0 Å². The Kier molecular flexibility index (Phi) is 7.32. The van der Waals surface area contributed by atoms with Crippen LogP contribution in [0.15, 0.2) is 12.3 Å². The van der Waals surface area contributed by atoms with Gasteiger partial charge in [-0.05, 0) is 26.5 Å². The van der Waals surface area contributed by atoms with Crippen LogP contribution in [0.4, 0.5) is 0 Å². The number of alkyl halides is 1. The molecule has 4 nitrogen and oxygen atoms in total. The molecule has 0 saturated carbocycles. The summed E-state index contributed by atoms with van der Waals surface area (Å²) in [4.78, 5) is 2.21. The van der Waals surface area contributed by atoms with E-state index in [1.165, 1.54) is 0 Å². The molecule has 0 aliphatic carbocycles.